The Labute approximate surface area is 147 Å². The van der Waals surface area contributed by atoms with Gasteiger partial charge in [-0.15, -0.1) is 0 Å². The SMILES string of the molecule is CC(C)(C)NC(=O)COc1ccc(-c2cnc3ccccc3n2)cc1. The molecule has 0 fully saturated rings. The number of nitrogens with one attached hydrogen (secondary N) is 1. The van der Waals surface area contributed by atoms with E-state index in [0.29, 0.717) is 5.75 Å². The molecule has 1 amide bonds. The van der Waals surface area contributed by atoms with Gasteiger partial charge in [0.2, 0.25) is 0 Å². The molecule has 0 aliphatic heterocycles. The fourth-order valence-corrected chi connectivity index (χ4v) is 2.42. The predicted octanol–water partition coefficient (Wildman–Crippen LogP) is 3.59. The first kappa shape index (κ1) is 16.9. The van der Waals surface area contributed by atoms with Gasteiger partial charge in [-0.05, 0) is 57.2 Å². The van der Waals surface area contributed by atoms with Crippen molar-refractivity contribution in [1.82, 2.24) is 15.3 Å². The van der Waals surface area contributed by atoms with E-state index in [1.165, 1.54) is 0 Å². The van der Waals surface area contributed by atoms with Gasteiger partial charge in [-0.1, -0.05) is 12.1 Å². The number of hydrogen-bond acceptors (Lipinski definition) is 4. The molecule has 0 bridgehead atoms. The van der Waals surface area contributed by atoms with Crippen molar-refractivity contribution in [2.24, 2.45) is 0 Å². The number of carbonyl (C=O) groups is 1. The van der Waals surface area contributed by atoms with Crippen molar-refractivity contribution < 1.29 is 9.53 Å². The van der Waals surface area contributed by atoms with Crippen molar-refractivity contribution in [2.45, 2.75) is 26.3 Å². The van der Waals surface area contributed by atoms with Gasteiger partial charge in [-0.3, -0.25) is 9.78 Å². The van der Waals surface area contributed by atoms with Gasteiger partial charge < -0.3 is 10.1 Å². The Morgan fingerprint density at radius 2 is 1.72 bits per heavy atom. The van der Waals surface area contributed by atoms with Crippen molar-refractivity contribution in [3.05, 3.63) is 54.7 Å². The number of benzene rings is 2. The van der Waals surface area contributed by atoms with Crippen LogP contribution >= 0.6 is 0 Å². The smallest absolute Gasteiger partial charge is 0.258 e. The zero-order valence-electron chi connectivity index (χ0n) is 14.6. The second-order valence-corrected chi connectivity index (χ2v) is 6.86. The van der Waals surface area contributed by atoms with E-state index in [9.17, 15) is 4.79 Å². The van der Waals surface area contributed by atoms with E-state index in [-0.39, 0.29) is 18.1 Å². The fourth-order valence-electron chi connectivity index (χ4n) is 2.42. The zero-order valence-corrected chi connectivity index (χ0v) is 14.6. The molecular weight excluding hydrogens is 314 g/mol. The van der Waals surface area contributed by atoms with Gasteiger partial charge in [-0.25, -0.2) is 4.98 Å². The number of aromatic nitrogens is 2. The van der Waals surface area contributed by atoms with E-state index in [0.717, 1.165) is 22.3 Å². The molecule has 0 saturated carbocycles. The zero-order chi connectivity index (χ0) is 17.9. The largest absolute Gasteiger partial charge is 0.484 e. The fraction of sp³-hybridized carbons (Fsp3) is 0.250. The minimum Gasteiger partial charge on any atom is -0.484 e. The Hall–Kier alpha value is -2.95. The molecule has 5 nitrogen and oxygen atoms in total. The minimum atomic E-state index is -0.265. The van der Waals surface area contributed by atoms with E-state index in [2.05, 4.69) is 15.3 Å². The van der Waals surface area contributed by atoms with Gasteiger partial charge in [0, 0.05) is 11.1 Å². The average molecular weight is 335 g/mol. The van der Waals surface area contributed by atoms with Crippen LogP contribution in [-0.2, 0) is 4.79 Å². The lowest BCUT2D eigenvalue weighted by Crippen LogP contribution is -2.43. The molecule has 2 aromatic carbocycles. The highest BCUT2D eigenvalue weighted by Gasteiger charge is 2.14. The lowest BCUT2D eigenvalue weighted by Gasteiger charge is -2.20. The van der Waals surface area contributed by atoms with Crippen LogP contribution in [0.5, 0.6) is 5.75 Å². The van der Waals surface area contributed by atoms with Crippen LogP contribution in [0.4, 0.5) is 0 Å². The molecular formula is C20H21N3O2. The number of ether oxygens (including phenoxy) is 1. The quantitative estimate of drug-likeness (QED) is 0.791. The molecule has 25 heavy (non-hydrogen) atoms. The Balaban J connectivity index is 1.68. The molecule has 1 aromatic heterocycles. The average Bonchev–Trinajstić information content (AvgIpc) is 2.58. The highest BCUT2D eigenvalue weighted by molar-refractivity contribution is 5.78. The van der Waals surface area contributed by atoms with Crippen LogP contribution < -0.4 is 10.1 Å². The lowest BCUT2D eigenvalue weighted by atomic mass is 10.1. The van der Waals surface area contributed by atoms with Crippen molar-refractivity contribution in [3.63, 3.8) is 0 Å². The molecule has 1 heterocycles. The summed E-state index contributed by atoms with van der Waals surface area (Å²) in [6, 6.07) is 15.3. The molecule has 0 spiro atoms. The normalized spacial score (nSPS) is 11.3. The number of hydrogen-bond donors (Lipinski definition) is 1. The minimum absolute atomic E-state index is 0.00754. The van der Waals surface area contributed by atoms with Crippen LogP contribution in [0.2, 0.25) is 0 Å². The lowest BCUT2D eigenvalue weighted by molar-refractivity contribution is -0.124. The highest BCUT2D eigenvalue weighted by Crippen LogP contribution is 2.22. The summed E-state index contributed by atoms with van der Waals surface area (Å²) in [6.45, 7) is 5.80. The first-order valence-electron chi connectivity index (χ1n) is 8.17. The summed E-state index contributed by atoms with van der Waals surface area (Å²) in [7, 11) is 0. The van der Waals surface area contributed by atoms with Crippen LogP contribution in [0, 0.1) is 0 Å². The number of amides is 1. The number of carbonyl (C=O) groups excluding carboxylic acids is 1. The molecule has 3 aromatic rings. The Kier molecular flexibility index (Phi) is 4.65. The maximum Gasteiger partial charge on any atom is 0.258 e. The molecule has 128 valence electrons. The van der Waals surface area contributed by atoms with Gasteiger partial charge in [-0.2, -0.15) is 0 Å². The maximum absolute atomic E-state index is 11.8. The Bertz CT molecular complexity index is 883. The molecule has 0 aliphatic carbocycles. The third kappa shape index (κ3) is 4.53. The van der Waals surface area contributed by atoms with Crippen LogP contribution in [0.1, 0.15) is 20.8 Å². The van der Waals surface area contributed by atoms with Gasteiger partial charge in [0.25, 0.3) is 5.91 Å². The first-order chi connectivity index (χ1) is 11.9. The van der Waals surface area contributed by atoms with Crippen LogP contribution in [-0.4, -0.2) is 28.0 Å². The van der Waals surface area contributed by atoms with Gasteiger partial charge >= 0.3 is 0 Å². The third-order valence-electron chi connectivity index (χ3n) is 3.48. The van der Waals surface area contributed by atoms with Crippen molar-refractivity contribution in [2.75, 3.05) is 6.61 Å². The second-order valence-electron chi connectivity index (χ2n) is 6.86. The number of fused-ring (bicyclic) bond motifs is 1. The van der Waals surface area contributed by atoms with Gasteiger partial charge in [0.15, 0.2) is 6.61 Å². The number of para-hydroxylation sites is 2. The third-order valence-corrected chi connectivity index (χ3v) is 3.48. The highest BCUT2D eigenvalue weighted by atomic mass is 16.5. The van der Waals surface area contributed by atoms with E-state index >= 15 is 0 Å². The van der Waals surface area contributed by atoms with Crippen molar-refractivity contribution >= 4 is 16.9 Å². The summed E-state index contributed by atoms with van der Waals surface area (Å²) >= 11 is 0. The molecule has 0 radical (unpaired) electrons. The standard InChI is InChI=1S/C20H21N3O2/c1-20(2,3)23-19(24)13-25-15-10-8-14(9-11-15)18-12-21-16-6-4-5-7-17(16)22-18/h4-12H,13H2,1-3H3,(H,23,24). The molecule has 0 unspecified atom stereocenters. The first-order valence-corrected chi connectivity index (χ1v) is 8.17. The van der Waals surface area contributed by atoms with E-state index in [1.54, 1.807) is 6.20 Å². The molecule has 0 saturated heterocycles. The van der Waals surface area contributed by atoms with Crippen molar-refractivity contribution in [1.29, 1.82) is 0 Å². The molecule has 5 heteroatoms. The topological polar surface area (TPSA) is 64.1 Å². The predicted molar refractivity (Wildman–Crippen MR) is 98.4 cm³/mol. The molecule has 1 N–H and O–H groups in total. The summed E-state index contributed by atoms with van der Waals surface area (Å²) in [6.07, 6.45) is 1.76. The molecule has 0 aliphatic rings. The number of nitrogens with zero attached hydrogens (tertiary/aromatic N) is 2. The Morgan fingerprint density at radius 3 is 2.40 bits per heavy atom. The van der Waals surface area contributed by atoms with E-state index < -0.39 is 0 Å². The van der Waals surface area contributed by atoms with Crippen LogP contribution in [0.15, 0.2) is 54.7 Å². The van der Waals surface area contributed by atoms with E-state index in [1.807, 2.05) is 69.3 Å². The van der Waals surface area contributed by atoms with Crippen LogP contribution in [0.3, 0.4) is 0 Å². The second kappa shape index (κ2) is 6.89. The number of rotatable bonds is 4. The van der Waals surface area contributed by atoms with Crippen molar-refractivity contribution in [3.8, 4) is 17.0 Å². The summed E-state index contributed by atoms with van der Waals surface area (Å²) in [5, 5.41) is 2.86. The Morgan fingerprint density at radius 1 is 1.04 bits per heavy atom. The van der Waals surface area contributed by atoms with E-state index in [4.69, 9.17) is 4.74 Å². The van der Waals surface area contributed by atoms with Crippen LogP contribution in [0.25, 0.3) is 22.3 Å². The summed E-state index contributed by atoms with van der Waals surface area (Å²) in [5.74, 6) is 0.499. The summed E-state index contributed by atoms with van der Waals surface area (Å²) in [5.41, 5.74) is 3.22. The monoisotopic (exact) mass is 335 g/mol. The van der Waals surface area contributed by atoms with Gasteiger partial charge in [0.1, 0.15) is 5.75 Å². The molecule has 3 rings (SSSR count). The maximum atomic E-state index is 11.8. The summed E-state index contributed by atoms with van der Waals surface area (Å²) < 4.78 is 5.53. The summed E-state index contributed by atoms with van der Waals surface area (Å²) in [4.78, 5) is 20.8. The molecule has 0 atom stereocenters. The van der Waals surface area contributed by atoms with Gasteiger partial charge in [0.05, 0.1) is 22.9 Å².